The topological polar surface area (TPSA) is 23.3 Å². The number of rotatable bonds is 3. The summed E-state index contributed by atoms with van der Waals surface area (Å²) in [7, 11) is 0. The van der Waals surface area contributed by atoms with Crippen LogP contribution in [0.25, 0.3) is 6.08 Å². The Bertz CT molecular complexity index is 790. The lowest BCUT2D eigenvalue weighted by molar-refractivity contribution is -0.433. The molecule has 0 fully saturated rings. The molecule has 124 valence electrons. The maximum Gasteiger partial charge on any atom is 0.427 e. The summed E-state index contributed by atoms with van der Waals surface area (Å²) >= 11 is 3.19. The quantitative estimate of drug-likeness (QED) is 0.593. The molecule has 1 amide bonds. The minimum Gasteiger partial charge on any atom is -0.341 e. The lowest BCUT2D eigenvalue weighted by Crippen LogP contribution is -2.23. The molecule has 1 aromatic carbocycles. The van der Waals surface area contributed by atoms with E-state index in [2.05, 4.69) is 48.2 Å². The van der Waals surface area contributed by atoms with Crippen molar-refractivity contribution in [3.05, 3.63) is 58.7 Å². The second kappa shape index (κ2) is 7.45. The number of nitrogens with zero attached hydrogens (tertiary/aromatic N) is 2. The van der Waals surface area contributed by atoms with Gasteiger partial charge in [0.15, 0.2) is 6.54 Å². The van der Waals surface area contributed by atoms with Gasteiger partial charge in [-0.3, -0.25) is 0 Å². The Hall–Kier alpha value is -1.72. The van der Waals surface area contributed by atoms with E-state index in [1.807, 2.05) is 29.9 Å². The van der Waals surface area contributed by atoms with Crippen molar-refractivity contribution in [3.8, 4) is 0 Å². The molecular weight excluding hydrogens is 336 g/mol. The highest BCUT2D eigenvalue weighted by molar-refractivity contribution is 8.40. The maximum atomic E-state index is 12.5. The molecule has 0 unspecified atom stereocenters. The van der Waals surface area contributed by atoms with E-state index < -0.39 is 0 Å². The zero-order chi connectivity index (χ0) is 17.1. The predicted molar refractivity (Wildman–Crippen MR) is 107 cm³/mol. The molecule has 0 aromatic heterocycles. The highest BCUT2D eigenvalue weighted by atomic mass is 32.2. The van der Waals surface area contributed by atoms with Crippen molar-refractivity contribution in [3.63, 3.8) is 0 Å². The van der Waals surface area contributed by atoms with Gasteiger partial charge in [-0.15, -0.1) is 4.58 Å². The fourth-order valence-electron chi connectivity index (χ4n) is 2.88. The average Bonchev–Trinajstić information content (AvgIpc) is 2.94. The van der Waals surface area contributed by atoms with Gasteiger partial charge in [-0.25, -0.2) is 4.79 Å². The molecule has 2 heterocycles. The highest BCUT2D eigenvalue weighted by Crippen LogP contribution is 2.33. The second-order valence-corrected chi connectivity index (χ2v) is 7.46. The first-order valence-electron chi connectivity index (χ1n) is 8.06. The molecule has 0 saturated heterocycles. The molecular formula is C19H21N2OS2+. The average molecular weight is 358 g/mol. The van der Waals surface area contributed by atoms with Gasteiger partial charge in [-0.2, -0.15) is 0 Å². The van der Waals surface area contributed by atoms with E-state index in [0.29, 0.717) is 6.54 Å². The molecule has 0 N–H and O–H groups in total. The summed E-state index contributed by atoms with van der Waals surface area (Å²) in [5.74, 6) is 0.104. The number of thioether (sulfide) groups is 2. The van der Waals surface area contributed by atoms with Crippen LogP contribution < -0.4 is 4.90 Å². The highest BCUT2D eigenvalue weighted by Gasteiger charge is 2.36. The Labute approximate surface area is 151 Å². The molecule has 0 radical (unpaired) electrons. The number of anilines is 1. The first-order chi connectivity index (χ1) is 11.7. The molecule has 24 heavy (non-hydrogen) atoms. The standard InChI is InChI=1S/C19H21N2OS2/c1-4-20-15(11-10-14-8-6-7-9-16(14)20)12-13-17-18(22)21(5-2)19(23-3)24-17/h6-13H,4-5H2,1-3H3/q+1. The first kappa shape index (κ1) is 17.1. The zero-order valence-electron chi connectivity index (χ0n) is 14.2. The van der Waals surface area contributed by atoms with Crippen LogP contribution in [-0.4, -0.2) is 34.2 Å². The van der Waals surface area contributed by atoms with Crippen molar-refractivity contribution in [1.29, 1.82) is 0 Å². The van der Waals surface area contributed by atoms with E-state index in [9.17, 15) is 4.79 Å². The van der Waals surface area contributed by atoms with Gasteiger partial charge in [0, 0.05) is 17.9 Å². The fraction of sp³-hybridized carbons (Fsp3) is 0.263. The minimum absolute atomic E-state index is 0.104. The predicted octanol–water partition coefficient (Wildman–Crippen LogP) is 4.33. The third-order valence-corrected chi connectivity index (χ3v) is 6.30. The van der Waals surface area contributed by atoms with E-state index in [1.54, 1.807) is 23.5 Å². The van der Waals surface area contributed by atoms with Crippen molar-refractivity contribution >= 4 is 45.6 Å². The zero-order valence-corrected chi connectivity index (χ0v) is 15.8. The summed E-state index contributed by atoms with van der Waals surface area (Å²) in [5, 5.41) is 0. The number of carbonyl (C=O) groups is 1. The molecule has 3 rings (SSSR count). The number of carbonyl (C=O) groups excluding carboxylic acids is 1. The molecule has 2 aliphatic heterocycles. The molecule has 0 spiro atoms. The lowest BCUT2D eigenvalue weighted by Gasteiger charge is -2.29. The van der Waals surface area contributed by atoms with Gasteiger partial charge in [0.25, 0.3) is 4.38 Å². The first-order valence-corrected chi connectivity index (χ1v) is 10.1. The molecule has 1 aromatic rings. The minimum atomic E-state index is 0.104. The molecule has 5 heteroatoms. The SMILES string of the molecule is CCN1C(=CC=C2SC(SC)=[N+](CC)C2=O)C=Cc2ccccc21. The maximum absolute atomic E-state index is 12.5. The lowest BCUT2D eigenvalue weighted by atomic mass is 10.1. The summed E-state index contributed by atoms with van der Waals surface area (Å²) in [6, 6.07) is 8.38. The summed E-state index contributed by atoms with van der Waals surface area (Å²) < 4.78 is 2.90. The molecule has 0 saturated carbocycles. The Morgan fingerprint density at radius 2 is 2.00 bits per heavy atom. The number of allylic oxidation sites excluding steroid dienone is 3. The summed E-state index contributed by atoms with van der Waals surface area (Å²) in [6.07, 6.45) is 10.3. The van der Waals surface area contributed by atoms with Crippen LogP contribution in [0.4, 0.5) is 5.69 Å². The van der Waals surface area contributed by atoms with Gasteiger partial charge in [0.05, 0.1) is 0 Å². The van der Waals surface area contributed by atoms with Crippen LogP contribution in [0, 0.1) is 0 Å². The number of hydrogen-bond acceptors (Lipinski definition) is 4. The molecule has 2 aliphatic rings. The van der Waals surface area contributed by atoms with Gasteiger partial charge in [-0.1, -0.05) is 36.0 Å². The van der Waals surface area contributed by atoms with Crippen molar-refractivity contribution in [2.45, 2.75) is 13.8 Å². The van der Waals surface area contributed by atoms with Crippen LogP contribution in [0.2, 0.25) is 0 Å². The van der Waals surface area contributed by atoms with Crippen LogP contribution in [0.3, 0.4) is 0 Å². The smallest absolute Gasteiger partial charge is 0.341 e. The van der Waals surface area contributed by atoms with E-state index in [-0.39, 0.29) is 5.91 Å². The third kappa shape index (κ3) is 3.10. The van der Waals surface area contributed by atoms with Gasteiger partial charge in [0.1, 0.15) is 4.91 Å². The number of likely N-dealkylation sites (N-methyl/N-ethyl adjacent to an activating group) is 2. The number of para-hydroxylation sites is 1. The van der Waals surface area contributed by atoms with E-state index >= 15 is 0 Å². The van der Waals surface area contributed by atoms with Gasteiger partial charge >= 0.3 is 5.91 Å². The number of fused-ring (bicyclic) bond motifs is 1. The Morgan fingerprint density at radius 1 is 1.21 bits per heavy atom. The second-order valence-electron chi connectivity index (χ2n) is 5.38. The van der Waals surface area contributed by atoms with Gasteiger partial charge in [0.2, 0.25) is 0 Å². The van der Waals surface area contributed by atoms with Crippen LogP contribution >= 0.6 is 23.5 Å². The van der Waals surface area contributed by atoms with Crippen LogP contribution in [-0.2, 0) is 4.79 Å². The monoisotopic (exact) mass is 357 g/mol. The fourth-order valence-corrected chi connectivity index (χ4v) is 4.76. The van der Waals surface area contributed by atoms with E-state index in [1.165, 1.54) is 11.3 Å². The third-order valence-electron chi connectivity index (χ3n) is 4.06. The van der Waals surface area contributed by atoms with Crippen LogP contribution in [0.15, 0.2) is 53.1 Å². The summed E-state index contributed by atoms with van der Waals surface area (Å²) in [5.41, 5.74) is 3.55. The Kier molecular flexibility index (Phi) is 5.31. The molecule has 0 atom stereocenters. The van der Waals surface area contributed by atoms with Crippen molar-refractivity contribution < 1.29 is 9.37 Å². The Balaban J connectivity index is 1.90. The van der Waals surface area contributed by atoms with Crippen LogP contribution in [0.5, 0.6) is 0 Å². The number of hydrogen-bond donors (Lipinski definition) is 0. The number of benzene rings is 1. The largest absolute Gasteiger partial charge is 0.427 e. The molecule has 0 aliphatic carbocycles. The summed E-state index contributed by atoms with van der Waals surface area (Å²) in [6.45, 7) is 5.76. The normalized spacial score (nSPS) is 20.5. The van der Waals surface area contributed by atoms with Crippen molar-refractivity contribution in [2.24, 2.45) is 0 Å². The molecule has 3 nitrogen and oxygen atoms in total. The van der Waals surface area contributed by atoms with Crippen molar-refractivity contribution in [2.75, 3.05) is 24.2 Å². The van der Waals surface area contributed by atoms with E-state index in [4.69, 9.17) is 0 Å². The number of amides is 1. The van der Waals surface area contributed by atoms with Gasteiger partial charge in [-0.05, 0) is 61.7 Å². The summed E-state index contributed by atoms with van der Waals surface area (Å²) in [4.78, 5) is 15.5. The van der Waals surface area contributed by atoms with Crippen LogP contribution in [0.1, 0.15) is 19.4 Å². The van der Waals surface area contributed by atoms with Gasteiger partial charge < -0.3 is 4.90 Å². The molecule has 0 bridgehead atoms. The Morgan fingerprint density at radius 3 is 2.67 bits per heavy atom. The van der Waals surface area contributed by atoms with E-state index in [0.717, 1.165) is 21.5 Å². The van der Waals surface area contributed by atoms with Crippen molar-refractivity contribution in [1.82, 2.24) is 0 Å².